The van der Waals surface area contributed by atoms with Crippen LogP contribution in [-0.4, -0.2) is 63.5 Å². The van der Waals surface area contributed by atoms with Gasteiger partial charge in [-0.15, -0.1) is 15.3 Å². The molecule has 5 rings (SSSR count). The second-order valence-electron chi connectivity index (χ2n) is 7.96. The molecule has 0 atom stereocenters. The van der Waals surface area contributed by atoms with E-state index in [9.17, 15) is 0 Å². The van der Waals surface area contributed by atoms with Crippen molar-refractivity contribution < 1.29 is 0 Å². The van der Waals surface area contributed by atoms with Gasteiger partial charge in [-0.25, -0.2) is 9.97 Å². The average molecular weight is 379 g/mol. The van der Waals surface area contributed by atoms with Crippen molar-refractivity contribution in [3.8, 4) is 0 Å². The molecular formula is C19H25N9. The molecule has 9 heteroatoms. The van der Waals surface area contributed by atoms with Crippen LogP contribution in [0.4, 0.5) is 17.5 Å². The van der Waals surface area contributed by atoms with Crippen LogP contribution < -0.4 is 15.1 Å². The lowest BCUT2D eigenvalue weighted by Gasteiger charge is -2.40. The summed E-state index contributed by atoms with van der Waals surface area (Å²) in [4.78, 5) is 12.8. The molecule has 1 aliphatic heterocycles. The Labute approximate surface area is 163 Å². The third-order valence-electron chi connectivity index (χ3n) is 5.71. The largest absolute Gasteiger partial charge is 0.369 e. The van der Waals surface area contributed by atoms with E-state index in [0.29, 0.717) is 11.8 Å². The quantitative estimate of drug-likeness (QED) is 0.694. The molecule has 0 aromatic carbocycles. The summed E-state index contributed by atoms with van der Waals surface area (Å²) in [5.74, 6) is 4.88. The van der Waals surface area contributed by atoms with Gasteiger partial charge in [0, 0.05) is 51.6 Å². The molecule has 0 spiro atoms. The first-order chi connectivity index (χ1) is 13.7. The monoisotopic (exact) mass is 379 g/mol. The Balaban J connectivity index is 1.20. The summed E-state index contributed by atoms with van der Waals surface area (Å²) in [5, 5.41) is 16.9. The first-order valence-electron chi connectivity index (χ1n) is 9.88. The number of aromatic nitrogens is 6. The third kappa shape index (κ3) is 3.10. The molecule has 146 valence electrons. The molecule has 1 saturated carbocycles. The second-order valence-corrected chi connectivity index (χ2v) is 7.96. The van der Waals surface area contributed by atoms with Crippen molar-refractivity contribution in [2.75, 3.05) is 48.8 Å². The lowest BCUT2D eigenvalue weighted by atomic mass is 9.85. The smallest absolute Gasteiger partial charge is 0.178 e. The van der Waals surface area contributed by atoms with Crippen LogP contribution in [0.25, 0.3) is 5.65 Å². The van der Waals surface area contributed by atoms with E-state index < -0.39 is 0 Å². The molecular weight excluding hydrogens is 354 g/mol. The van der Waals surface area contributed by atoms with Crippen molar-refractivity contribution in [3.63, 3.8) is 0 Å². The molecule has 0 radical (unpaired) electrons. The lowest BCUT2D eigenvalue weighted by molar-refractivity contribution is 0.393. The maximum Gasteiger partial charge on any atom is 0.178 e. The zero-order valence-electron chi connectivity index (χ0n) is 16.3. The van der Waals surface area contributed by atoms with E-state index in [0.717, 1.165) is 48.6 Å². The van der Waals surface area contributed by atoms with Gasteiger partial charge in [0.2, 0.25) is 0 Å². The Hall–Kier alpha value is -2.97. The van der Waals surface area contributed by atoms with Gasteiger partial charge in [0.1, 0.15) is 23.8 Å². The van der Waals surface area contributed by atoms with Crippen molar-refractivity contribution in [2.45, 2.75) is 25.2 Å². The standard InChI is InChI=1S/C19H25N9/c1-26(2)18-8-15(21-12-22-18)20-9-13-10-27(11-13)17-7-6-16-23-24-19(28(16)25-17)14-4-3-5-14/h6-8,12-14H,3-5,9-11H2,1-2H3,(H,20,21,22). The minimum atomic E-state index is 0.519. The molecule has 0 bridgehead atoms. The normalized spacial score (nSPS) is 17.4. The predicted octanol–water partition coefficient (Wildman–Crippen LogP) is 1.80. The summed E-state index contributed by atoms with van der Waals surface area (Å²) in [6.45, 7) is 2.86. The van der Waals surface area contributed by atoms with Gasteiger partial charge in [0.25, 0.3) is 0 Å². The highest BCUT2D eigenvalue weighted by Gasteiger charge is 2.29. The van der Waals surface area contributed by atoms with Crippen LogP contribution in [0.5, 0.6) is 0 Å². The van der Waals surface area contributed by atoms with Crippen LogP contribution in [0, 0.1) is 5.92 Å². The third-order valence-corrected chi connectivity index (χ3v) is 5.71. The number of hydrogen-bond donors (Lipinski definition) is 1. The van der Waals surface area contributed by atoms with Crippen LogP contribution in [-0.2, 0) is 0 Å². The molecule has 3 aromatic rings. The van der Waals surface area contributed by atoms with E-state index >= 15 is 0 Å². The van der Waals surface area contributed by atoms with Gasteiger partial charge >= 0.3 is 0 Å². The first kappa shape index (κ1) is 17.2. The summed E-state index contributed by atoms with van der Waals surface area (Å²) >= 11 is 0. The van der Waals surface area contributed by atoms with E-state index in [4.69, 9.17) is 5.10 Å². The van der Waals surface area contributed by atoms with Gasteiger partial charge < -0.3 is 15.1 Å². The lowest BCUT2D eigenvalue weighted by Crippen LogP contribution is -2.50. The highest BCUT2D eigenvalue weighted by atomic mass is 15.4. The summed E-state index contributed by atoms with van der Waals surface area (Å²) < 4.78 is 1.94. The van der Waals surface area contributed by atoms with Crippen LogP contribution >= 0.6 is 0 Å². The molecule has 0 unspecified atom stereocenters. The molecule has 0 amide bonds. The molecule has 2 fully saturated rings. The fourth-order valence-corrected chi connectivity index (χ4v) is 3.71. The second kappa shape index (κ2) is 6.88. The van der Waals surface area contributed by atoms with Gasteiger partial charge in [-0.3, -0.25) is 0 Å². The zero-order chi connectivity index (χ0) is 19.1. The summed E-state index contributed by atoms with van der Waals surface area (Å²) in [6, 6.07) is 6.04. The van der Waals surface area contributed by atoms with Crippen molar-refractivity contribution in [3.05, 3.63) is 30.4 Å². The Bertz CT molecular complexity index is 972. The van der Waals surface area contributed by atoms with Crippen molar-refractivity contribution in [2.24, 2.45) is 5.92 Å². The van der Waals surface area contributed by atoms with Crippen LogP contribution in [0.15, 0.2) is 24.5 Å². The molecule has 1 saturated heterocycles. The van der Waals surface area contributed by atoms with Gasteiger partial charge in [0.05, 0.1) is 0 Å². The SMILES string of the molecule is CN(C)c1cc(NCC2CN(c3ccc4nnc(C5CCC5)n4n3)C2)ncn1. The Morgan fingerprint density at radius 1 is 1.14 bits per heavy atom. The van der Waals surface area contributed by atoms with Crippen molar-refractivity contribution in [1.29, 1.82) is 0 Å². The first-order valence-corrected chi connectivity index (χ1v) is 9.88. The minimum absolute atomic E-state index is 0.519. The molecule has 1 N–H and O–H groups in total. The number of nitrogens with zero attached hydrogens (tertiary/aromatic N) is 8. The van der Waals surface area contributed by atoms with E-state index in [1.807, 2.05) is 41.7 Å². The molecule has 28 heavy (non-hydrogen) atoms. The number of hydrogen-bond acceptors (Lipinski definition) is 8. The Kier molecular flexibility index (Phi) is 4.22. The summed E-state index contributed by atoms with van der Waals surface area (Å²) in [6.07, 6.45) is 5.27. The number of fused-ring (bicyclic) bond motifs is 1. The maximum absolute atomic E-state index is 4.81. The van der Waals surface area contributed by atoms with Gasteiger partial charge in [-0.2, -0.15) is 4.52 Å². The van der Waals surface area contributed by atoms with Crippen LogP contribution in [0.1, 0.15) is 31.0 Å². The van der Waals surface area contributed by atoms with Gasteiger partial charge in [-0.1, -0.05) is 6.42 Å². The fourth-order valence-electron chi connectivity index (χ4n) is 3.71. The average Bonchev–Trinajstić information content (AvgIpc) is 3.02. The highest BCUT2D eigenvalue weighted by Crippen LogP contribution is 2.35. The van der Waals surface area contributed by atoms with Crippen molar-refractivity contribution >= 4 is 23.1 Å². The molecule has 9 nitrogen and oxygen atoms in total. The number of rotatable bonds is 6. The topological polar surface area (TPSA) is 87.4 Å². The predicted molar refractivity (Wildman–Crippen MR) is 108 cm³/mol. The highest BCUT2D eigenvalue weighted by molar-refractivity contribution is 5.49. The summed E-state index contributed by atoms with van der Waals surface area (Å²) in [5.41, 5.74) is 0.838. The number of nitrogens with one attached hydrogen (secondary N) is 1. The fraction of sp³-hybridized carbons (Fsp3) is 0.526. The molecule has 4 heterocycles. The van der Waals surface area contributed by atoms with Crippen LogP contribution in [0.2, 0.25) is 0 Å². The van der Waals surface area contributed by atoms with E-state index in [1.54, 1.807) is 6.33 Å². The van der Waals surface area contributed by atoms with Crippen LogP contribution in [0.3, 0.4) is 0 Å². The Morgan fingerprint density at radius 3 is 2.75 bits per heavy atom. The van der Waals surface area contributed by atoms with E-state index in [2.05, 4.69) is 30.4 Å². The summed E-state index contributed by atoms with van der Waals surface area (Å²) in [7, 11) is 3.96. The van der Waals surface area contributed by atoms with E-state index in [-0.39, 0.29) is 0 Å². The Morgan fingerprint density at radius 2 is 2.00 bits per heavy atom. The molecule has 3 aromatic heterocycles. The molecule has 2 aliphatic rings. The minimum Gasteiger partial charge on any atom is -0.369 e. The van der Waals surface area contributed by atoms with E-state index in [1.165, 1.54) is 19.3 Å². The number of anilines is 3. The maximum atomic E-state index is 4.81. The van der Waals surface area contributed by atoms with Crippen molar-refractivity contribution in [1.82, 2.24) is 29.8 Å². The van der Waals surface area contributed by atoms with Gasteiger partial charge in [-0.05, 0) is 25.0 Å². The zero-order valence-corrected chi connectivity index (χ0v) is 16.3. The molecule has 1 aliphatic carbocycles. The van der Waals surface area contributed by atoms with Gasteiger partial charge in [0.15, 0.2) is 11.5 Å².